The monoisotopic (exact) mass is 504 g/mol. The van der Waals surface area contributed by atoms with Crippen LogP contribution in [0.5, 0.6) is 0 Å². The molecule has 184 valence electrons. The third-order valence-corrected chi connectivity index (χ3v) is 11.5. The second kappa shape index (κ2) is 11.9. The Balaban J connectivity index is 1.69. The van der Waals surface area contributed by atoms with E-state index < -0.39 is 32.1 Å². The summed E-state index contributed by atoms with van der Waals surface area (Å²) in [6.07, 6.45) is -0.666. The highest BCUT2D eigenvalue weighted by Gasteiger charge is 2.24. The second-order valence-electron chi connectivity index (χ2n) is 9.98. The predicted molar refractivity (Wildman–Crippen MR) is 135 cm³/mol. The van der Waals surface area contributed by atoms with Gasteiger partial charge < -0.3 is 9.47 Å². The van der Waals surface area contributed by atoms with Crippen molar-refractivity contribution in [3.8, 4) is 0 Å². The maximum absolute atomic E-state index is 12.0. The quantitative estimate of drug-likeness (QED) is 0.152. The Bertz CT molecular complexity index is 914. The van der Waals surface area contributed by atoms with Gasteiger partial charge in [0.05, 0.1) is 39.2 Å². The van der Waals surface area contributed by atoms with Crippen LogP contribution < -0.4 is 0 Å². The number of nitro groups is 2. The Morgan fingerprint density at radius 3 is 1.32 bits per heavy atom. The van der Waals surface area contributed by atoms with Gasteiger partial charge in [0.1, 0.15) is 0 Å². The molecule has 0 aliphatic rings. The minimum absolute atomic E-state index is 0.0771. The lowest BCUT2D eigenvalue weighted by Gasteiger charge is -2.23. The zero-order valence-electron chi connectivity index (χ0n) is 20.1. The summed E-state index contributed by atoms with van der Waals surface area (Å²) in [6, 6.07) is 16.4. The molecule has 9 nitrogen and oxygen atoms in total. The fourth-order valence-electron chi connectivity index (χ4n) is 3.62. The molecule has 0 unspecified atom stereocenters. The number of non-ortho nitro benzene ring substituents is 2. The zero-order chi connectivity index (χ0) is 25.4. The van der Waals surface area contributed by atoms with Crippen molar-refractivity contribution >= 4 is 33.7 Å². The molecule has 0 N–H and O–H groups in total. The number of hydrogen-bond donors (Lipinski definition) is 0. The van der Waals surface area contributed by atoms with Crippen LogP contribution in [0.2, 0.25) is 38.3 Å². The van der Waals surface area contributed by atoms with Gasteiger partial charge in [0.15, 0.2) is 0 Å². The molecule has 0 saturated heterocycles. The van der Waals surface area contributed by atoms with E-state index in [-0.39, 0.29) is 24.6 Å². The van der Waals surface area contributed by atoms with Crippen LogP contribution in [0.3, 0.4) is 0 Å². The maximum atomic E-state index is 12.0. The number of carbonyl (C=O) groups is 1. The molecular formula is C23H32N2O7Si2. The number of hydrogen-bond acceptors (Lipinski definition) is 7. The van der Waals surface area contributed by atoms with E-state index >= 15 is 0 Å². The van der Waals surface area contributed by atoms with Crippen LogP contribution in [0.25, 0.3) is 0 Å². The first-order valence-electron chi connectivity index (χ1n) is 11.1. The van der Waals surface area contributed by atoms with E-state index in [1.54, 1.807) is 24.3 Å². The third-order valence-electron chi connectivity index (χ3n) is 5.66. The minimum Gasteiger partial charge on any atom is -0.435 e. The van der Waals surface area contributed by atoms with Crippen LogP contribution >= 0.6 is 0 Å². The molecule has 0 amide bonds. The fourth-order valence-corrected chi connectivity index (χ4v) is 7.96. The molecule has 0 aliphatic heterocycles. The van der Waals surface area contributed by atoms with Crippen LogP contribution in [0.15, 0.2) is 48.5 Å². The smallest absolute Gasteiger partial charge is 0.435 e. The van der Waals surface area contributed by atoms with Crippen LogP contribution in [0.1, 0.15) is 11.1 Å². The summed E-state index contributed by atoms with van der Waals surface area (Å²) < 4.78 is 10.5. The Hall–Kier alpha value is -3.06. The molecule has 0 aromatic heterocycles. The van der Waals surface area contributed by atoms with Gasteiger partial charge in [-0.3, -0.25) is 20.2 Å². The van der Waals surface area contributed by atoms with Gasteiger partial charge >= 0.3 is 6.16 Å². The van der Waals surface area contributed by atoms with Crippen molar-refractivity contribution in [3.05, 3.63) is 79.9 Å². The molecule has 0 heterocycles. The molecule has 0 aliphatic carbocycles. The first kappa shape index (κ1) is 27.2. The second-order valence-corrected chi connectivity index (χ2v) is 20.3. The Kier molecular flexibility index (Phi) is 9.50. The number of carbonyl (C=O) groups excluding carboxylic acids is 1. The van der Waals surface area contributed by atoms with Gasteiger partial charge in [-0.15, -0.1) is 0 Å². The summed E-state index contributed by atoms with van der Waals surface area (Å²) in [7, 11) is -3.42. The Morgan fingerprint density at radius 1 is 0.706 bits per heavy atom. The first-order chi connectivity index (χ1) is 15.9. The van der Waals surface area contributed by atoms with Crippen molar-refractivity contribution in [3.63, 3.8) is 0 Å². The van der Waals surface area contributed by atoms with E-state index in [1.807, 2.05) is 0 Å². The molecule has 0 fully saturated rings. The van der Waals surface area contributed by atoms with E-state index in [9.17, 15) is 25.0 Å². The predicted octanol–water partition coefficient (Wildman–Crippen LogP) is 5.94. The van der Waals surface area contributed by atoms with Gasteiger partial charge in [-0.25, -0.2) is 4.79 Å². The van der Waals surface area contributed by atoms with Gasteiger partial charge in [0.25, 0.3) is 11.4 Å². The third kappa shape index (κ3) is 9.43. The van der Waals surface area contributed by atoms with Crippen LogP contribution in [0.4, 0.5) is 16.2 Å². The lowest BCUT2D eigenvalue weighted by atomic mass is 10.2. The lowest BCUT2D eigenvalue weighted by molar-refractivity contribution is -0.385. The molecule has 2 aromatic carbocycles. The van der Waals surface area contributed by atoms with E-state index in [1.165, 1.54) is 24.3 Å². The average Bonchev–Trinajstić information content (AvgIpc) is 2.73. The fraction of sp³-hybridized carbons (Fsp3) is 0.435. The summed E-state index contributed by atoms with van der Waals surface area (Å²) in [6.45, 7) is 9.33. The summed E-state index contributed by atoms with van der Waals surface area (Å²) in [5.74, 6) is 0. The molecule has 0 atom stereocenters. The molecule has 0 radical (unpaired) electrons. The van der Waals surface area contributed by atoms with E-state index in [0.717, 1.165) is 35.3 Å². The number of nitro benzene ring substituents is 2. The summed E-state index contributed by atoms with van der Waals surface area (Å²) in [5.41, 5.74) is 2.25. The number of nitrogens with zero attached hydrogens (tertiary/aromatic N) is 2. The van der Waals surface area contributed by atoms with Crippen LogP contribution in [-0.4, -0.2) is 45.4 Å². The van der Waals surface area contributed by atoms with Gasteiger partial charge in [-0.05, 0) is 24.2 Å². The van der Waals surface area contributed by atoms with Gasteiger partial charge in [0, 0.05) is 24.3 Å². The van der Waals surface area contributed by atoms with E-state index in [4.69, 9.17) is 9.47 Å². The molecule has 2 rings (SSSR count). The van der Waals surface area contributed by atoms with Crippen molar-refractivity contribution in [1.82, 2.24) is 0 Å². The molecule has 2 aromatic rings. The number of ether oxygens (including phenoxy) is 2. The normalized spacial score (nSPS) is 11.6. The Morgan fingerprint density at radius 2 is 1.03 bits per heavy atom. The molecule has 0 spiro atoms. The summed E-state index contributed by atoms with van der Waals surface area (Å²) >= 11 is 0. The van der Waals surface area contributed by atoms with Crippen molar-refractivity contribution in [2.45, 2.75) is 50.4 Å². The highest BCUT2D eigenvalue weighted by atomic mass is 28.3. The minimum atomic E-state index is -1.71. The van der Waals surface area contributed by atoms with Crippen molar-refractivity contribution in [2.75, 3.05) is 13.2 Å². The SMILES string of the molecule is C[Si](C)(CCOC(=O)OCC[Si](C)(C)Cc1ccc([N+](=O)[O-])cc1)Cc1ccc([N+](=O)[O-])cc1. The highest BCUT2D eigenvalue weighted by Crippen LogP contribution is 2.21. The van der Waals surface area contributed by atoms with Crippen molar-refractivity contribution < 1.29 is 24.1 Å². The largest absolute Gasteiger partial charge is 0.508 e. The van der Waals surface area contributed by atoms with Crippen molar-refractivity contribution in [2.24, 2.45) is 0 Å². The van der Waals surface area contributed by atoms with E-state index in [2.05, 4.69) is 26.2 Å². The molecule has 34 heavy (non-hydrogen) atoms. The van der Waals surface area contributed by atoms with Crippen LogP contribution in [-0.2, 0) is 21.6 Å². The van der Waals surface area contributed by atoms with Gasteiger partial charge in [-0.1, -0.05) is 61.6 Å². The average molecular weight is 505 g/mol. The first-order valence-corrected chi connectivity index (χ1v) is 18.0. The highest BCUT2D eigenvalue weighted by molar-refractivity contribution is 6.77. The van der Waals surface area contributed by atoms with Gasteiger partial charge in [-0.2, -0.15) is 0 Å². The van der Waals surface area contributed by atoms with E-state index in [0.29, 0.717) is 0 Å². The Labute approximate surface area is 201 Å². The molecule has 11 heteroatoms. The number of benzene rings is 2. The zero-order valence-corrected chi connectivity index (χ0v) is 22.1. The molecular weight excluding hydrogens is 472 g/mol. The number of rotatable bonds is 12. The standard InChI is InChI=1S/C23H32N2O7Si2/c1-33(2,17-19-5-9-21(10-6-19)24(27)28)15-13-31-23(26)32-14-16-34(3,4)18-20-7-11-22(12-8-20)25(29)30/h5-12H,13-18H2,1-4H3. The molecule has 0 bridgehead atoms. The molecule has 0 saturated carbocycles. The van der Waals surface area contributed by atoms with Gasteiger partial charge in [0.2, 0.25) is 0 Å². The maximum Gasteiger partial charge on any atom is 0.508 e. The summed E-state index contributed by atoms with van der Waals surface area (Å²) in [5, 5.41) is 21.6. The van der Waals surface area contributed by atoms with Crippen LogP contribution in [0, 0.1) is 20.2 Å². The summed E-state index contributed by atoms with van der Waals surface area (Å²) in [4.78, 5) is 32.7. The van der Waals surface area contributed by atoms with Crippen molar-refractivity contribution in [1.29, 1.82) is 0 Å². The lowest BCUT2D eigenvalue weighted by Crippen LogP contribution is -2.32. The topological polar surface area (TPSA) is 122 Å².